The molecule has 0 amide bonds. The molecule has 0 spiro atoms. The first-order valence-corrected chi connectivity index (χ1v) is 3.51. The molecule has 1 aliphatic heterocycles. The first-order chi connectivity index (χ1) is 4.10. The van der Waals surface area contributed by atoms with Crippen LogP contribution in [-0.4, -0.2) is 18.2 Å². The van der Waals surface area contributed by atoms with E-state index in [0.29, 0.717) is 12.7 Å². The van der Waals surface area contributed by atoms with Crippen LogP contribution in [0.2, 0.25) is 0 Å². The molecule has 2 heteroatoms. The van der Waals surface area contributed by atoms with Crippen molar-refractivity contribution in [3.63, 3.8) is 0 Å². The van der Waals surface area contributed by atoms with Crippen molar-refractivity contribution >= 4 is 0 Å². The molecular weight excluding hydrogens is 114 g/mol. The fraction of sp³-hybridized carbons (Fsp3) is 1.00. The summed E-state index contributed by atoms with van der Waals surface area (Å²) in [6, 6.07) is 0. The fourth-order valence-corrected chi connectivity index (χ4v) is 1.02. The molecule has 54 valence electrons. The van der Waals surface area contributed by atoms with Crippen LogP contribution in [0.3, 0.4) is 0 Å². The normalized spacial score (nSPS) is 45.0. The molecule has 2 N–H and O–H groups in total. The highest BCUT2D eigenvalue weighted by Gasteiger charge is 2.25. The van der Waals surface area contributed by atoms with Crippen molar-refractivity contribution in [2.75, 3.05) is 6.61 Å². The Balaban J connectivity index is 2.35. The molecule has 0 bridgehead atoms. The third-order valence-electron chi connectivity index (χ3n) is 1.82. The van der Waals surface area contributed by atoms with E-state index in [4.69, 9.17) is 10.5 Å². The van der Waals surface area contributed by atoms with E-state index in [1.54, 1.807) is 0 Å². The third kappa shape index (κ3) is 1.95. The van der Waals surface area contributed by atoms with Gasteiger partial charge in [-0.2, -0.15) is 0 Å². The summed E-state index contributed by atoms with van der Waals surface area (Å²) in [4.78, 5) is 0. The Morgan fingerprint density at radius 1 is 1.67 bits per heavy atom. The monoisotopic (exact) mass is 129 g/mol. The Morgan fingerprint density at radius 2 is 2.33 bits per heavy atom. The minimum absolute atomic E-state index is 0.0630. The van der Waals surface area contributed by atoms with Gasteiger partial charge in [-0.05, 0) is 26.7 Å². The molecule has 0 radical (unpaired) electrons. The van der Waals surface area contributed by atoms with E-state index in [1.165, 1.54) is 0 Å². The highest BCUT2D eigenvalue weighted by Crippen LogP contribution is 2.19. The molecule has 2 atom stereocenters. The van der Waals surface area contributed by atoms with Crippen LogP contribution in [0.25, 0.3) is 0 Å². The summed E-state index contributed by atoms with van der Waals surface area (Å²) in [5.41, 5.74) is 5.75. The van der Waals surface area contributed by atoms with Crippen LogP contribution in [0.15, 0.2) is 0 Å². The summed E-state index contributed by atoms with van der Waals surface area (Å²) in [6.45, 7) is 4.85. The van der Waals surface area contributed by atoms with Crippen LogP contribution in [0.1, 0.15) is 26.7 Å². The lowest BCUT2D eigenvalue weighted by molar-refractivity contribution is -0.0116. The van der Waals surface area contributed by atoms with Gasteiger partial charge in [-0.3, -0.25) is 0 Å². The standard InChI is InChI=1S/C7H15NO/c1-6-3-4-7(2,8)5-9-6/h6H,3-5,8H2,1-2H3. The zero-order valence-electron chi connectivity index (χ0n) is 6.18. The van der Waals surface area contributed by atoms with E-state index in [1.807, 2.05) is 6.92 Å². The van der Waals surface area contributed by atoms with Gasteiger partial charge < -0.3 is 10.5 Å². The minimum Gasteiger partial charge on any atom is -0.377 e. The third-order valence-corrected chi connectivity index (χ3v) is 1.82. The molecule has 9 heavy (non-hydrogen) atoms. The molecule has 0 aliphatic carbocycles. The zero-order chi connectivity index (χ0) is 6.91. The van der Waals surface area contributed by atoms with Crippen LogP contribution in [-0.2, 0) is 4.74 Å². The van der Waals surface area contributed by atoms with E-state index in [0.717, 1.165) is 12.8 Å². The van der Waals surface area contributed by atoms with Gasteiger partial charge in [0.15, 0.2) is 0 Å². The van der Waals surface area contributed by atoms with Crippen molar-refractivity contribution in [3.8, 4) is 0 Å². The summed E-state index contributed by atoms with van der Waals surface area (Å²) in [5, 5.41) is 0. The van der Waals surface area contributed by atoms with Gasteiger partial charge in [-0.15, -0.1) is 0 Å². The Kier molecular flexibility index (Phi) is 1.78. The summed E-state index contributed by atoms with van der Waals surface area (Å²) in [5.74, 6) is 0. The molecule has 1 rings (SSSR count). The van der Waals surface area contributed by atoms with Crippen LogP contribution in [0.5, 0.6) is 0 Å². The van der Waals surface area contributed by atoms with E-state index < -0.39 is 0 Å². The molecule has 0 saturated carbocycles. The van der Waals surface area contributed by atoms with Crippen molar-refractivity contribution in [2.24, 2.45) is 5.73 Å². The molecule has 1 fully saturated rings. The highest BCUT2D eigenvalue weighted by atomic mass is 16.5. The van der Waals surface area contributed by atoms with Crippen LogP contribution >= 0.6 is 0 Å². The van der Waals surface area contributed by atoms with Gasteiger partial charge in [0.1, 0.15) is 0 Å². The van der Waals surface area contributed by atoms with Gasteiger partial charge in [-0.1, -0.05) is 0 Å². The second kappa shape index (κ2) is 2.27. The van der Waals surface area contributed by atoms with Crippen molar-refractivity contribution in [2.45, 2.75) is 38.3 Å². The molecular formula is C7H15NO. The van der Waals surface area contributed by atoms with Gasteiger partial charge in [0.05, 0.1) is 12.7 Å². The minimum atomic E-state index is -0.0630. The summed E-state index contributed by atoms with van der Waals surface area (Å²) in [6.07, 6.45) is 2.61. The Bertz CT molecular complexity index is 91.1. The quantitative estimate of drug-likeness (QED) is 0.527. The lowest BCUT2D eigenvalue weighted by Gasteiger charge is -2.32. The molecule has 0 aromatic rings. The van der Waals surface area contributed by atoms with Crippen molar-refractivity contribution < 1.29 is 4.74 Å². The van der Waals surface area contributed by atoms with E-state index >= 15 is 0 Å². The second-order valence-corrected chi connectivity index (χ2v) is 3.31. The second-order valence-electron chi connectivity index (χ2n) is 3.31. The maximum Gasteiger partial charge on any atom is 0.0647 e. The van der Waals surface area contributed by atoms with Crippen molar-refractivity contribution in [1.29, 1.82) is 0 Å². The average molecular weight is 129 g/mol. The van der Waals surface area contributed by atoms with E-state index in [2.05, 4.69) is 6.92 Å². The van der Waals surface area contributed by atoms with Gasteiger partial charge in [0.25, 0.3) is 0 Å². The Labute approximate surface area is 56.4 Å². The highest BCUT2D eigenvalue weighted by molar-refractivity contribution is 4.82. The molecule has 2 unspecified atom stereocenters. The number of ether oxygens (including phenoxy) is 1. The largest absolute Gasteiger partial charge is 0.377 e. The molecule has 0 aromatic carbocycles. The fourth-order valence-electron chi connectivity index (χ4n) is 1.02. The van der Waals surface area contributed by atoms with Crippen molar-refractivity contribution in [3.05, 3.63) is 0 Å². The molecule has 1 heterocycles. The van der Waals surface area contributed by atoms with Gasteiger partial charge >= 0.3 is 0 Å². The first kappa shape index (κ1) is 7.03. The summed E-state index contributed by atoms with van der Waals surface area (Å²) >= 11 is 0. The van der Waals surface area contributed by atoms with Gasteiger partial charge in [0, 0.05) is 5.54 Å². The van der Waals surface area contributed by atoms with Crippen LogP contribution < -0.4 is 5.73 Å². The number of rotatable bonds is 0. The number of hydrogen-bond acceptors (Lipinski definition) is 2. The maximum atomic E-state index is 5.82. The SMILES string of the molecule is CC1CCC(C)(N)CO1. The predicted octanol–water partition coefficient (Wildman–Crippen LogP) is 0.903. The smallest absolute Gasteiger partial charge is 0.0647 e. The van der Waals surface area contributed by atoms with E-state index in [9.17, 15) is 0 Å². The van der Waals surface area contributed by atoms with Crippen LogP contribution in [0, 0.1) is 0 Å². The zero-order valence-corrected chi connectivity index (χ0v) is 6.18. The predicted molar refractivity (Wildman–Crippen MR) is 37.2 cm³/mol. The van der Waals surface area contributed by atoms with E-state index in [-0.39, 0.29) is 5.54 Å². The topological polar surface area (TPSA) is 35.2 Å². The lowest BCUT2D eigenvalue weighted by Crippen LogP contribution is -2.46. The first-order valence-electron chi connectivity index (χ1n) is 3.51. The average Bonchev–Trinajstić information content (AvgIpc) is 1.78. The number of hydrogen-bond donors (Lipinski definition) is 1. The molecule has 2 nitrogen and oxygen atoms in total. The van der Waals surface area contributed by atoms with Crippen molar-refractivity contribution in [1.82, 2.24) is 0 Å². The number of nitrogens with two attached hydrogens (primary N) is 1. The maximum absolute atomic E-state index is 5.82. The summed E-state index contributed by atoms with van der Waals surface area (Å²) < 4.78 is 5.37. The Hall–Kier alpha value is -0.0800. The molecule has 0 aromatic heterocycles. The van der Waals surface area contributed by atoms with Gasteiger partial charge in [0.2, 0.25) is 0 Å². The van der Waals surface area contributed by atoms with Crippen LogP contribution in [0.4, 0.5) is 0 Å². The van der Waals surface area contributed by atoms with Gasteiger partial charge in [-0.25, -0.2) is 0 Å². The lowest BCUT2D eigenvalue weighted by atomic mass is 9.94. The molecule has 1 saturated heterocycles. The molecule has 1 aliphatic rings. The Morgan fingerprint density at radius 3 is 2.67 bits per heavy atom. The summed E-state index contributed by atoms with van der Waals surface area (Å²) in [7, 11) is 0.